The molecule has 1 nitrogen and oxygen atoms in total. The topological polar surface area (TPSA) is 4.93 Å². The molecule has 2 aromatic rings. The summed E-state index contributed by atoms with van der Waals surface area (Å²) in [5.74, 6) is 0. The standard InChI is InChI=1S/C16H17N/c1-11-13-7-3-5-9-15(13)17-14-8-4-2-6-12(14)10-16(11)17/h2,4,6,8H,3,5,7,9-10H2,1H3. The molecule has 0 saturated carbocycles. The maximum absolute atomic E-state index is 2.55. The van der Waals surface area contributed by atoms with E-state index in [1.165, 1.54) is 36.9 Å². The quantitative estimate of drug-likeness (QED) is 0.549. The van der Waals surface area contributed by atoms with Crippen molar-refractivity contribution in [2.24, 2.45) is 0 Å². The van der Waals surface area contributed by atoms with Crippen molar-refractivity contribution in [1.29, 1.82) is 0 Å². The fourth-order valence-corrected chi connectivity index (χ4v) is 3.61. The Morgan fingerprint density at radius 1 is 1.00 bits per heavy atom. The maximum Gasteiger partial charge on any atom is 0.0491 e. The van der Waals surface area contributed by atoms with Gasteiger partial charge in [-0.15, -0.1) is 0 Å². The average molecular weight is 223 g/mol. The Morgan fingerprint density at radius 2 is 1.82 bits per heavy atom. The molecule has 17 heavy (non-hydrogen) atoms. The molecule has 1 aliphatic heterocycles. The first-order chi connectivity index (χ1) is 8.36. The summed E-state index contributed by atoms with van der Waals surface area (Å²) in [4.78, 5) is 0. The van der Waals surface area contributed by atoms with Gasteiger partial charge in [0, 0.05) is 23.5 Å². The molecule has 0 radical (unpaired) electrons. The van der Waals surface area contributed by atoms with Crippen LogP contribution in [0.5, 0.6) is 0 Å². The predicted octanol–water partition coefficient (Wildman–Crippen LogP) is 3.57. The zero-order valence-electron chi connectivity index (χ0n) is 10.3. The van der Waals surface area contributed by atoms with Gasteiger partial charge in [0.05, 0.1) is 0 Å². The summed E-state index contributed by atoms with van der Waals surface area (Å²) >= 11 is 0. The van der Waals surface area contributed by atoms with Crippen molar-refractivity contribution < 1.29 is 0 Å². The molecule has 0 bridgehead atoms. The van der Waals surface area contributed by atoms with E-state index in [-0.39, 0.29) is 0 Å². The zero-order chi connectivity index (χ0) is 11.4. The molecule has 4 rings (SSSR count). The van der Waals surface area contributed by atoms with E-state index in [2.05, 4.69) is 35.8 Å². The van der Waals surface area contributed by atoms with E-state index in [0.717, 1.165) is 6.42 Å². The summed E-state index contributed by atoms with van der Waals surface area (Å²) < 4.78 is 2.55. The van der Waals surface area contributed by atoms with Crippen LogP contribution in [-0.2, 0) is 19.3 Å². The van der Waals surface area contributed by atoms with Gasteiger partial charge >= 0.3 is 0 Å². The third kappa shape index (κ3) is 1.14. The van der Waals surface area contributed by atoms with E-state index in [1.807, 2.05) is 0 Å². The first kappa shape index (κ1) is 9.52. The van der Waals surface area contributed by atoms with Crippen LogP contribution in [0, 0.1) is 6.92 Å². The number of fused-ring (bicyclic) bond motifs is 5. The summed E-state index contributed by atoms with van der Waals surface area (Å²) in [7, 11) is 0. The Labute approximate surface area is 102 Å². The number of aromatic nitrogens is 1. The van der Waals surface area contributed by atoms with Gasteiger partial charge in [-0.05, 0) is 55.4 Å². The summed E-state index contributed by atoms with van der Waals surface area (Å²) in [6.45, 7) is 2.32. The van der Waals surface area contributed by atoms with Crippen LogP contribution in [0.15, 0.2) is 24.3 Å². The van der Waals surface area contributed by atoms with Gasteiger partial charge in [-0.1, -0.05) is 18.2 Å². The molecule has 0 spiro atoms. The molecule has 0 unspecified atom stereocenters. The van der Waals surface area contributed by atoms with Crippen molar-refractivity contribution in [3.63, 3.8) is 0 Å². The molecule has 1 heteroatoms. The van der Waals surface area contributed by atoms with Crippen LogP contribution in [0.4, 0.5) is 0 Å². The lowest BCUT2D eigenvalue weighted by Gasteiger charge is -2.15. The minimum Gasteiger partial charge on any atom is -0.317 e. The van der Waals surface area contributed by atoms with Crippen LogP contribution in [0.1, 0.15) is 40.9 Å². The predicted molar refractivity (Wildman–Crippen MR) is 70.0 cm³/mol. The van der Waals surface area contributed by atoms with E-state index < -0.39 is 0 Å². The SMILES string of the molecule is Cc1c2c(n3c1Cc1ccccc1-3)CCCC2. The van der Waals surface area contributed by atoms with Gasteiger partial charge < -0.3 is 4.57 Å². The summed E-state index contributed by atoms with van der Waals surface area (Å²) in [6, 6.07) is 8.88. The fraction of sp³-hybridized carbons (Fsp3) is 0.375. The van der Waals surface area contributed by atoms with Crippen LogP contribution in [0.2, 0.25) is 0 Å². The van der Waals surface area contributed by atoms with E-state index in [1.54, 1.807) is 22.5 Å². The van der Waals surface area contributed by atoms with Gasteiger partial charge in [-0.3, -0.25) is 0 Å². The lowest BCUT2D eigenvalue weighted by Crippen LogP contribution is -2.06. The number of rotatable bonds is 0. The minimum atomic E-state index is 1.13. The van der Waals surface area contributed by atoms with E-state index in [4.69, 9.17) is 0 Å². The van der Waals surface area contributed by atoms with Crippen LogP contribution in [0.3, 0.4) is 0 Å². The molecule has 1 aliphatic carbocycles. The lowest BCUT2D eigenvalue weighted by molar-refractivity contribution is 0.662. The summed E-state index contributed by atoms with van der Waals surface area (Å²) in [5, 5.41) is 0. The second-order valence-electron chi connectivity index (χ2n) is 5.34. The number of hydrogen-bond acceptors (Lipinski definition) is 0. The normalized spacial score (nSPS) is 16.5. The number of para-hydroxylation sites is 1. The fourth-order valence-electron chi connectivity index (χ4n) is 3.61. The van der Waals surface area contributed by atoms with Crippen molar-refractivity contribution in [2.75, 3.05) is 0 Å². The highest BCUT2D eigenvalue weighted by atomic mass is 15.0. The number of benzene rings is 1. The second kappa shape index (κ2) is 3.25. The van der Waals surface area contributed by atoms with Crippen LogP contribution in [0.25, 0.3) is 5.69 Å². The van der Waals surface area contributed by atoms with Gasteiger partial charge in [0.15, 0.2) is 0 Å². The highest BCUT2D eigenvalue weighted by molar-refractivity contribution is 5.57. The Hall–Kier alpha value is -1.50. The largest absolute Gasteiger partial charge is 0.317 e. The molecule has 1 aromatic carbocycles. The molecular weight excluding hydrogens is 206 g/mol. The number of hydrogen-bond donors (Lipinski definition) is 0. The van der Waals surface area contributed by atoms with Crippen LogP contribution < -0.4 is 0 Å². The molecule has 1 aromatic heterocycles. The van der Waals surface area contributed by atoms with Crippen molar-refractivity contribution in [2.45, 2.75) is 39.0 Å². The minimum absolute atomic E-state index is 1.13. The van der Waals surface area contributed by atoms with Crippen molar-refractivity contribution in [1.82, 2.24) is 4.57 Å². The Bertz CT molecular complexity index is 604. The van der Waals surface area contributed by atoms with Crippen molar-refractivity contribution in [3.8, 4) is 5.69 Å². The second-order valence-corrected chi connectivity index (χ2v) is 5.34. The molecule has 0 fully saturated rings. The molecule has 0 atom stereocenters. The summed E-state index contributed by atoms with van der Waals surface area (Å²) in [6.07, 6.45) is 6.43. The summed E-state index contributed by atoms with van der Waals surface area (Å²) in [5.41, 5.74) is 9.32. The van der Waals surface area contributed by atoms with Gasteiger partial charge in [0.1, 0.15) is 0 Å². The van der Waals surface area contributed by atoms with Crippen LogP contribution in [-0.4, -0.2) is 4.57 Å². The highest BCUT2D eigenvalue weighted by Gasteiger charge is 2.28. The average Bonchev–Trinajstić information content (AvgIpc) is 2.88. The third-order valence-electron chi connectivity index (χ3n) is 4.45. The zero-order valence-corrected chi connectivity index (χ0v) is 10.3. The van der Waals surface area contributed by atoms with Gasteiger partial charge in [0.25, 0.3) is 0 Å². The Balaban J connectivity index is 2.03. The van der Waals surface area contributed by atoms with E-state index in [9.17, 15) is 0 Å². The number of nitrogens with zero attached hydrogens (tertiary/aromatic N) is 1. The smallest absolute Gasteiger partial charge is 0.0491 e. The molecule has 0 N–H and O–H groups in total. The Morgan fingerprint density at radius 3 is 2.76 bits per heavy atom. The molecule has 2 heterocycles. The molecular formula is C16H17N. The molecule has 0 saturated heterocycles. The molecule has 86 valence electrons. The lowest BCUT2D eigenvalue weighted by atomic mass is 9.94. The monoisotopic (exact) mass is 223 g/mol. The van der Waals surface area contributed by atoms with Crippen molar-refractivity contribution >= 4 is 0 Å². The van der Waals surface area contributed by atoms with Gasteiger partial charge in [-0.2, -0.15) is 0 Å². The van der Waals surface area contributed by atoms with Crippen LogP contribution >= 0.6 is 0 Å². The van der Waals surface area contributed by atoms with Crippen molar-refractivity contribution in [3.05, 3.63) is 52.3 Å². The van der Waals surface area contributed by atoms with Gasteiger partial charge in [-0.25, -0.2) is 0 Å². The third-order valence-corrected chi connectivity index (χ3v) is 4.45. The Kier molecular flexibility index (Phi) is 1.82. The first-order valence-corrected chi connectivity index (χ1v) is 6.66. The molecule has 0 amide bonds. The van der Waals surface area contributed by atoms with E-state index >= 15 is 0 Å². The highest BCUT2D eigenvalue weighted by Crippen LogP contribution is 2.38. The maximum atomic E-state index is 2.55. The molecule has 2 aliphatic rings. The van der Waals surface area contributed by atoms with E-state index in [0.29, 0.717) is 0 Å². The van der Waals surface area contributed by atoms with Gasteiger partial charge in [0.2, 0.25) is 0 Å². The first-order valence-electron chi connectivity index (χ1n) is 6.66.